The third-order valence-corrected chi connectivity index (χ3v) is 7.20. The Bertz CT molecular complexity index is 1550. The number of pyridine rings is 2. The molecule has 3 heterocycles. The van der Waals surface area contributed by atoms with Gasteiger partial charge >= 0.3 is 5.97 Å². The van der Waals surface area contributed by atoms with E-state index in [0.717, 1.165) is 34.9 Å². The molecule has 196 valence electrons. The van der Waals surface area contributed by atoms with Gasteiger partial charge in [0, 0.05) is 36.6 Å². The van der Waals surface area contributed by atoms with E-state index in [9.17, 15) is 14.4 Å². The van der Waals surface area contributed by atoms with Crippen molar-refractivity contribution in [1.29, 1.82) is 0 Å². The van der Waals surface area contributed by atoms with Gasteiger partial charge in [0.05, 0.1) is 12.5 Å². The lowest BCUT2D eigenvalue weighted by Crippen LogP contribution is -2.48. The highest BCUT2D eigenvalue weighted by atomic mass is 16.5. The summed E-state index contributed by atoms with van der Waals surface area (Å²) in [5, 5.41) is 4.82. The summed E-state index contributed by atoms with van der Waals surface area (Å²) in [7, 11) is 1.30. The Morgan fingerprint density at radius 2 is 1.82 bits per heavy atom. The molecule has 2 aromatic carbocycles. The van der Waals surface area contributed by atoms with Crippen LogP contribution in [0.15, 0.2) is 58.4 Å². The van der Waals surface area contributed by atoms with Crippen molar-refractivity contribution >= 4 is 28.1 Å². The molecule has 5 rings (SSSR count). The zero-order chi connectivity index (χ0) is 27.0. The van der Waals surface area contributed by atoms with Gasteiger partial charge in [-0.3, -0.25) is 14.6 Å². The van der Waals surface area contributed by atoms with Crippen LogP contribution in [-0.2, 0) is 16.0 Å². The summed E-state index contributed by atoms with van der Waals surface area (Å²) in [5.41, 5.74) is 1.11. The van der Waals surface area contributed by atoms with Crippen LogP contribution in [0.4, 0.5) is 11.4 Å². The van der Waals surface area contributed by atoms with E-state index >= 15 is 0 Å². The van der Waals surface area contributed by atoms with E-state index in [1.165, 1.54) is 7.11 Å². The fourth-order valence-electron chi connectivity index (χ4n) is 5.21. The zero-order valence-electron chi connectivity index (χ0n) is 21.9. The van der Waals surface area contributed by atoms with E-state index in [-0.39, 0.29) is 24.2 Å². The topological polar surface area (TPSA) is 111 Å². The SMILES string of the molecule is COC(=O)C(Cc1ccc(Oc2nc(C)cc3ccncc23)cc1)Nc1c(N2C(C)CCC2C)c(=O)c1=O. The average Bonchev–Trinajstić information content (AvgIpc) is 3.24. The minimum absolute atomic E-state index is 0.147. The van der Waals surface area contributed by atoms with Crippen LogP contribution in [-0.4, -0.2) is 41.2 Å². The maximum atomic E-state index is 12.6. The van der Waals surface area contributed by atoms with Gasteiger partial charge in [0.1, 0.15) is 23.2 Å². The van der Waals surface area contributed by atoms with Crippen molar-refractivity contribution in [1.82, 2.24) is 9.97 Å². The summed E-state index contributed by atoms with van der Waals surface area (Å²) in [5.74, 6) is 0.532. The van der Waals surface area contributed by atoms with Gasteiger partial charge in [-0.2, -0.15) is 0 Å². The monoisotopic (exact) mass is 514 g/mol. The third kappa shape index (κ3) is 4.71. The van der Waals surface area contributed by atoms with Crippen molar-refractivity contribution in [3.05, 3.63) is 80.5 Å². The molecule has 1 N–H and O–H groups in total. The number of aromatic nitrogens is 2. The van der Waals surface area contributed by atoms with Crippen molar-refractivity contribution < 1.29 is 14.3 Å². The molecule has 1 aliphatic heterocycles. The number of rotatable bonds is 8. The number of nitrogens with one attached hydrogen (secondary N) is 1. The average molecular weight is 515 g/mol. The highest BCUT2D eigenvalue weighted by molar-refractivity contribution is 5.86. The van der Waals surface area contributed by atoms with Crippen LogP contribution < -0.4 is 25.8 Å². The lowest BCUT2D eigenvalue weighted by Gasteiger charge is -2.32. The maximum Gasteiger partial charge on any atom is 0.328 e. The van der Waals surface area contributed by atoms with Crippen molar-refractivity contribution in [2.24, 2.45) is 0 Å². The summed E-state index contributed by atoms with van der Waals surface area (Å²) in [6.45, 7) is 5.98. The first-order valence-corrected chi connectivity index (χ1v) is 12.7. The molecule has 1 aliphatic rings. The van der Waals surface area contributed by atoms with E-state index in [4.69, 9.17) is 9.47 Å². The van der Waals surface area contributed by atoms with Gasteiger partial charge in [0.25, 0.3) is 10.9 Å². The molecule has 0 saturated carbocycles. The molecule has 1 saturated heterocycles. The van der Waals surface area contributed by atoms with Crippen LogP contribution in [0.5, 0.6) is 11.6 Å². The lowest BCUT2D eigenvalue weighted by molar-refractivity contribution is -0.141. The Balaban J connectivity index is 1.35. The van der Waals surface area contributed by atoms with Crippen molar-refractivity contribution in [3.63, 3.8) is 0 Å². The molecule has 38 heavy (non-hydrogen) atoms. The Kier molecular flexibility index (Phi) is 6.84. The second-order valence-corrected chi connectivity index (χ2v) is 9.90. The normalized spacial score (nSPS) is 18.1. The number of aryl methyl sites for hydroxylation is 1. The van der Waals surface area contributed by atoms with E-state index in [2.05, 4.69) is 15.3 Å². The number of ether oxygens (including phenoxy) is 2. The fraction of sp³-hybridized carbons (Fsp3) is 0.345. The molecule has 9 nitrogen and oxygen atoms in total. The molecular weight excluding hydrogens is 484 g/mol. The molecule has 4 aromatic rings. The molecular formula is C29H30N4O5. The Hall–Kier alpha value is -4.27. The molecule has 0 amide bonds. The number of carbonyl (C=O) groups is 1. The molecule has 3 atom stereocenters. The Labute approximate surface area is 220 Å². The van der Waals surface area contributed by atoms with Crippen LogP contribution in [0.1, 0.15) is 37.9 Å². The van der Waals surface area contributed by atoms with Gasteiger partial charge in [-0.25, -0.2) is 9.78 Å². The maximum absolute atomic E-state index is 12.6. The van der Waals surface area contributed by atoms with E-state index in [1.54, 1.807) is 24.5 Å². The lowest BCUT2D eigenvalue weighted by atomic mass is 10.0. The second kappa shape index (κ2) is 10.2. The number of anilines is 2. The highest BCUT2D eigenvalue weighted by Crippen LogP contribution is 2.33. The number of benzene rings is 1. The minimum atomic E-state index is -0.838. The molecule has 1 fully saturated rings. The molecule has 0 aliphatic carbocycles. The number of carbonyl (C=O) groups excluding carboxylic acids is 1. The van der Waals surface area contributed by atoms with Crippen LogP contribution >= 0.6 is 0 Å². The third-order valence-electron chi connectivity index (χ3n) is 7.20. The van der Waals surface area contributed by atoms with Crippen LogP contribution in [0, 0.1) is 6.92 Å². The standard InChI is InChI=1S/C29H30N4O5/c1-16-13-20-11-12-30-15-22(20)28(31-16)38-21-9-7-19(8-10-21)14-23(29(36)37-4)32-24-25(27(35)26(24)34)33-17(2)5-6-18(33)3/h7-13,15,17-18,23,32H,5-6,14H2,1-4H3. The molecule has 0 spiro atoms. The fourth-order valence-corrected chi connectivity index (χ4v) is 5.21. The number of hydrogen-bond donors (Lipinski definition) is 1. The highest BCUT2D eigenvalue weighted by Gasteiger charge is 2.36. The van der Waals surface area contributed by atoms with Crippen molar-refractivity contribution in [2.45, 2.75) is 58.2 Å². The number of hydrogen-bond acceptors (Lipinski definition) is 9. The quantitative estimate of drug-likeness (QED) is 0.276. The number of esters is 1. The first-order chi connectivity index (χ1) is 18.3. The van der Waals surface area contributed by atoms with Crippen LogP contribution in [0.25, 0.3) is 10.8 Å². The van der Waals surface area contributed by atoms with E-state index in [1.807, 2.05) is 49.9 Å². The molecule has 9 heteroatoms. The van der Waals surface area contributed by atoms with E-state index < -0.39 is 22.9 Å². The van der Waals surface area contributed by atoms with Gasteiger partial charge < -0.3 is 19.7 Å². The summed E-state index contributed by atoms with van der Waals surface area (Å²) in [4.78, 5) is 48.3. The van der Waals surface area contributed by atoms with Gasteiger partial charge in [-0.05, 0) is 68.8 Å². The van der Waals surface area contributed by atoms with Gasteiger partial charge in [-0.1, -0.05) is 12.1 Å². The largest absolute Gasteiger partial charge is 0.467 e. The molecule has 3 unspecified atom stereocenters. The van der Waals surface area contributed by atoms with E-state index in [0.29, 0.717) is 17.3 Å². The Morgan fingerprint density at radius 3 is 2.50 bits per heavy atom. The molecule has 0 bridgehead atoms. The van der Waals surface area contributed by atoms with Gasteiger partial charge in [-0.15, -0.1) is 0 Å². The summed E-state index contributed by atoms with van der Waals surface area (Å²) in [6.07, 6.45) is 5.59. The van der Waals surface area contributed by atoms with Crippen LogP contribution in [0.2, 0.25) is 0 Å². The first-order valence-electron chi connectivity index (χ1n) is 12.7. The van der Waals surface area contributed by atoms with Gasteiger partial charge in [0.2, 0.25) is 5.88 Å². The second-order valence-electron chi connectivity index (χ2n) is 9.90. The van der Waals surface area contributed by atoms with Gasteiger partial charge in [0.15, 0.2) is 0 Å². The van der Waals surface area contributed by atoms with Crippen molar-refractivity contribution in [3.8, 4) is 11.6 Å². The minimum Gasteiger partial charge on any atom is -0.467 e. The molecule has 0 radical (unpaired) electrons. The smallest absolute Gasteiger partial charge is 0.328 e. The number of nitrogens with zero attached hydrogens (tertiary/aromatic N) is 3. The van der Waals surface area contributed by atoms with Crippen LogP contribution in [0.3, 0.4) is 0 Å². The first kappa shape index (κ1) is 25.4. The Morgan fingerprint density at radius 1 is 1.11 bits per heavy atom. The molecule has 2 aromatic heterocycles. The summed E-state index contributed by atoms with van der Waals surface area (Å²) in [6, 6.07) is 10.6. The predicted molar refractivity (Wildman–Crippen MR) is 146 cm³/mol. The predicted octanol–water partition coefficient (Wildman–Crippen LogP) is 3.90. The van der Waals surface area contributed by atoms with Crippen molar-refractivity contribution in [2.75, 3.05) is 17.3 Å². The number of fused-ring (bicyclic) bond motifs is 1. The summed E-state index contributed by atoms with van der Waals surface area (Å²) >= 11 is 0. The number of methoxy groups -OCH3 is 1. The summed E-state index contributed by atoms with van der Waals surface area (Å²) < 4.78 is 11.1. The zero-order valence-corrected chi connectivity index (χ0v) is 21.9.